The van der Waals surface area contributed by atoms with Gasteiger partial charge in [0.1, 0.15) is 47.1 Å². The summed E-state index contributed by atoms with van der Waals surface area (Å²) in [5.74, 6) is 1.97. The van der Waals surface area contributed by atoms with Crippen LogP contribution in [0.2, 0.25) is 0 Å². The normalized spacial score (nSPS) is 17.4. The van der Waals surface area contributed by atoms with Crippen LogP contribution in [0.5, 0.6) is 0 Å². The number of carboxylic acid groups (broad SMARTS) is 1. The van der Waals surface area contributed by atoms with E-state index in [0.29, 0.717) is 75.3 Å². The van der Waals surface area contributed by atoms with E-state index in [9.17, 15) is 14.7 Å². The molecule has 6 aromatic heterocycles. The molecule has 10 rings (SSSR count). The number of fused-ring (bicyclic) bond motifs is 4. The number of aliphatic hydroxyl groups is 2. The van der Waals surface area contributed by atoms with Crippen molar-refractivity contribution in [2.75, 3.05) is 29.4 Å². The van der Waals surface area contributed by atoms with Crippen LogP contribution in [0.3, 0.4) is 0 Å². The fourth-order valence-corrected chi connectivity index (χ4v) is 7.14. The van der Waals surface area contributed by atoms with Crippen molar-refractivity contribution in [2.24, 2.45) is 5.73 Å². The second-order valence-electron chi connectivity index (χ2n) is 14.7. The molecule has 0 saturated heterocycles. The van der Waals surface area contributed by atoms with E-state index in [-0.39, 0.29) is 17.1 Å². The van der Waals surface area contributed by atoms with Crippen LogP contribution < -0.4 is 15.5 Å². The number of hydrogen-bond donors (Lipinski definition) is 6. The quantitative estimate of drug-likeness (QED) is 0.109. The lowest BCUT2D eigenvalue weighted by atomic mass is 10.0. The summed E-state index contributed by atoms with van der Waals surface area (Å²) < 4.78 is 10.5. The van der Waals surface area contributed by atoms with Gasteiger partial charge in [-0.3, -0.25) is 4.79 Å². The van der Waals surface area contributed by atoms with E-state index < -0.39 is 11.6 Å². The first-order chi connectivity index (χ1) is 26.6. The number of carbonyl (C=O) groups excluding carboxylic acids is 1. The Morgan fingerprint density at radius 3 is 1.76 bits per heavy atom. The van der Waals surface area contributed by atoms with Crippen LogP contribution in [0.1, 0.15) is 95.0 Å². The number of H-pyrrole nitrogens is 2. The van der Waals surface area contributed by atoms with E-state index in [4.69, 9.17) is 25.0 Å². The molecule has 7 N–H and O–H groups in total. The Morgan fingerprint density at radius 2 is 1.27 bits per heavy atom. The highest BCUT2D eigenvalue weighted by molar-refractivity contribution is 5.96. The third kappa shape index (κ3) is 7.78. The van der Waals surface area contributed by atoms with Crippen molar-refractivity contribution >= 4 is 45.5 Å². The average molecular weight is 754 g/mol. The van der Waals surface area contributed by atoms with Crippen molar-refractivity contribution in [1.29, 1.82) is 0 Å². The zero-order chi connectivity index (χ0) is 38.2. The zero-order valence-corrected chi connectivity index (χ0v) is 30.2. The summed E-state index contributed by atoms with van der Waals surface area (Å²) in [4.78, 5) is 51.3. The third-order valence-corrected chi connectivity index (χ3v) is 10.7. The molecule has 2 saturated carbocycles. The van der Waals surface area contributed by atoms with Gasteiger partial charge >= 0.3 is 5.97 Å². The molecule has 2 aliphatic carbocycles. The Labute approximate surface area is 314 Å². The smallest absolute Gasteiger partial charge is 0.358 e. The van der Waals surface area contributed by atoms with E-state index >= 15 is 0 Å². The minimum absolute atomic E-state index is 0.0134. The lowest BCUT2D eigenvalue weighted by molar-refractivity contribution is 0.0684. The first kappa shape index (κ1) is 36.3. The van der Waals surface area contributed by atoms with Gasteiger partial charge in [0.25, 0.3) is 0 Å². The van der Waals surface area contributed by atoms with Crippen LogP contribution in [-0.2, 0) is 25.9 Å². The highest BCUT2D eigenvalue weighted by Crippen LogP contribution is 2.40. The molecule has 18 heteroatoms. The fourth-order valence-electron chi connectivity index (χ4n) is 7.14. The number of nitrogens with one attached hydrogen (secondary N) is 2. The SMILES string of the molecule is NCCC1(O)CC1.O=C(CCCC1(O)CC1)c1noc2c1CN(c1ncnc3[nH]ccc13)CC2.O=C(O)c1noc2c1CN(c1ncnc3[nH]ccc13)CC2. The van der Waals surface area contributed by atoms with Gasteiger partial charge in [-0.15, -0.1) is 0 Å². The maximum absolute atomic E-state index is 12.6. The van der Waals surface area contributed by atoms with Gasteiger partial charge in [-0.2, -0.15) is 0 Å². The van der Waals surface area contributed by atoms with Crippen LogP contribution in [-0.4, -0.2) is 98.1 Å². The maximum Gasteiger partial charge on any atom is 0.358 e. The molecular formula is C37H43N11O7. The van der Waals surface area contributed by atoms with Crippen molar-refractivity contribution in [2.45, 2.75) is 88.5 Å². The molecule has 0 amide bonds. The number of carboxylic acids is 1. The van der Waals surface area contributed by atoms with Gasteiger partial charge in [0, 0.05) is 55.9 Å². The largest absolute Gasteiger partial charge is 0.476 e. The molecular weight excluding hydrogens is 710 g/mol. The third-order valence-electron chi connectivity index (χ3n) is 10.7. The number of Topliss-reactive ketones (excluding diaryl/α,β-unsaturated/α-hetero) is 1. The van der Waals surface area contributed by atoms with Crippen LogP contribution in [0.25, 0.3) is 22.1 Å². The Kier molecular flexibility index (Phi) is 9.79. The number of aromatic carboxylic acids is 1. The number of rotatable bonds is 10. The molecule has 0 atom stereocenters. The van der Waals surface area contributed by atoms with Gasteiger partial charge in [0.2, 0.25) is 0 Å². The van der Waals surface area contributed by atoms with Gasteiger partial charge < -0.3 is 49.9 Å². The van der Waals surface area contributed by atoms with E-state index in [1.807, 2.05) is 23.2 Å². The molecule has 0 spiro atoms. The lowest BCUT2D eigenvalue weighted by Gasteiger charge is -2.27. The highest BCUT2D eigenvalue weighted by Gasteiger charge is 2.40. The highest BCUT2D eigenvalue weighted by atomic mass is 16.5. The molecule has 0 unspecified atom stereocenters. The summed E-state index contributed by atoms with van der Waals surface area (Å²) in [5, 5.41) is 37.7. The van der Waals surface area contributed by atoms with Gasteiger partial charge in [0.05, 0.1) is 35.1 Å². The number of anilines is 2. The molecule has 0 radical (unpaired) electrons. The van der Waals surface area contributed by atoms with Crippen molar-refractivity contribution in [3.8, 4) is 0 Å². The van der Waals surface area contributed by atoms with Crippen molar-refractivity contribution < 1.29 is 34.0 Å². The summed E-state index contributed by atoms with van der Waals surface area (Å²) in [6.45, 7) is 3.02. The number of nitrogens with two attached hydrogens (primary N) is 1. The van der Waals surface area contributed by atoms with Crippen LogP contribution in [0.4, 0.5) is 11.6 Å². The number of hydrogen-bond acceptors (Lipinski definition) is 15. The molecule has 18 nitrogen and oxygen atoms in total. The fraction of sp³-hybridized carbons (Fsp3) is 0.459. The number of ketones is 1. The van der Waals surface area contributed by atoms with Crippen molar-refractivity contribution in [1.82, 2.24) is 40.2 Å². The number of aromatic amines is 2. The Morgan fingerprint density at radius 1 is 0.764 bits per heavy atom. The molecule has 55 heavy (non-hydrogen) atoms. The second-order valence-corrected chi connectivity index (χ2v) is 14.7. The molecule has 288 valence electrons. The molecule has 6 aromatic rings. The lowest BCUT2D eigenvalue weighted by Crippen LogP contribution is -2.31. The van der Waals surface area contributed by atoms with Crippen LogP contribution in [0, 0.1) is 0 Å². The monoisotopic (exact) mass is 753 g/mol. The van der Waals surface area contributed by atoms with Crippen molar-refractivity contribution in [3.05, 3.63) is 71.2 Å². The van der Waals surface area contributed by atoms with Crippen LogP contribution in [0.15, 0.2) is 46.2 Å². The molecule has 2 aliphatic heterocycles. The summed E-state index contributed by atoms with van der Waals surface area (Å²) >= 11 is 0. The van der Waals surface area contributed by atoms with E-state index in [2.05, 4.69) is 45.1 Å². The molecule has 8 heterocycles. The van der Waals surface area contributed by atoms with Gasteiger partial charge in [-0.1, -0.05) is 10.3 Å². The molecule has 0 bridgehead atoms. The standard InChI is InChI=1S/C19H21N5O3.C13H11N5O3.C5H11NO/c25-14(2-1-5-19(26)6-7-19)16-13-10-24(9-4-15(13)27-23-16)18-12-3-8-20-17(12)21-11-22-18;19-13(20)10-8-5-18(4-2-9(8)21-17-10)12-7-1-3-14-11(7)15-6-16-12;6-4-3-5(7)1-2-5/h3,8,11,26H,1-2,4-7,9-10H2,(H,20,21,22);1,3,6H,2,4-5H2,(H,19,20)(H,14,15,16);7H,1-4,6H2. The van der Waals surface area contributed by atoms with E-state index in [0.717, 1.165) is 83.7 Å². The number of carbonyl (C=O) groups is 2. The summed E-state index contributed by atoms with van der Waals surface area (Å²) in [6, 6.07) is 3.87. The van der Waals surface area contributed by atoms with Gasteiger partial charge in [-0.25, -0.2) is 24.7 Å². The van der Waals surface area contributed by atoms with Crippen molar-refractivity contribution in [3.63, 3.8) is 0 Å². The first-order valence-corrected chi connectivity index (χ1v) is 18.6. The molecule has 2 fully saturated rings. The zero-order valence-electron chi connectivity index (χ0n) is 30.2. The maximum atomic E-state index is 12.6. The van der Waals surface area contributed by atoms with Crippen LogP contribution >= 0.6 is 0 Å². The summed E-state index contributed by atoms with van der Waals surface area (Å²) in [7, 11) is 0. The predicted molar refractivity (Wildman–Crippen MR) is 197 cm³/mol. The number of aromatic nitrogens is 8. The topological polar surface area (TPSA) is 263 Å². The van der Waals surface area contributed by atoms with E-state index in [1.165, 1.54) is 6.33 Å². The Balaban J connectivity index is 0.000000135. The minimum Gasteiger partial charge on any atom is -0.476 e. The van der Waals surface area contributed by atoms with Gasteiger partial charge in [-0.05, 0) is 63.6 Å². The number of nitrogens with zero attached hydrogens (tertiary/aromatic N) is 8. The first-order valence-electron chi connectivity index (χ1n) is 18.6. The molecule has 4 aliphatic rings. The van der Waals surface area contributed by atoms with Gasteiger partial charge in [0.15, 0.2) is 17.2 Å². The average Bonchev–Trinajstić information content (AvgIpc) is 3.71. The second kappa shape index (κ2) is 14.8. The minimum atomic E-state index is -1.07. The molecule has 0 aromatic carbocycles. The summed E-state index contributed by atoms with van der Waals surface area (Å²) in [6.07, 6.45) is 14.1. The summed E-state index contributed by atoms with van der Waals surface area (Å²) in [5.41, 5.74) is 7.80. The predicted octanol–water partition coefficient (Wildman–Crippen LogP) is 3.45. The Bertz CT molecular complexity index is 2320. The van der Waals surface area contributed by atoms with E-state index in [1.54, 1.807) is 12.5 Å². The Hall–Kier alpha value is -5.72.